The first-order chi connectivity index (χ1) is 14.9. The van der Waals surface area contributed by atoms with Crippen molar-refractivity contribution < 1.29 is 28.7 Å². The van der Waals surface area contributed by atoms with Crippen molar-refractivity contribution in [2.24, 2.45) is 0 Å². The first kappa shape index (κ1) is 22.6. The molecule has 7 heteroatoms. The monoisotopic (exact) mass is 427 g/mol. The van der Waals surface area contributed by atoms with Gasteiger partial charge in [-0.1, -0.05) is 17.7 Å². The van der Waals surface area contributed by atoms with E-state index in [1.807, 2.05) is 44.2 Å². The third kappa shape index (κ3) is 5.17. The summed E-state index contributed by atoms with van der Waals surface area (Å²) in [7, 11) is 4.57. The van der Waals surface area contributed by atoms with Gasteiger partial charge in [-0.15, -0.1) is 0 Å². The predicted molar refractivity (Wildman–Crippen MR) is 118 cm³/mol. The van der Waals surface area contributed by atoms with Gasteiger partial charge in [0, 0.05) is 17.7 Å². The fourth-order valence-corrected chi connectivity index (χ4v) is 4.24. The zero-order valence-corrected chi connectivity index (χ0v) is 18.8. The highest BCUT2D eigenvalue weighted by molar-refractivity contribution is 5.92. The third-order valence-electron chi connectivity index (χ3n) is 5.87. The van der Waals surface area contributed by atoms with E-state index in [4.69, 9.17) is 14.2 Å². The first-order valence-corrected chi connectivity index (χ1v) is 10.4. The van der Waals surface area contributed by atoms with Gasteiger partial charge in [-0.2, -0.15) is 0 Å². The molecule has 166 valence electrons. The summed E-state index contributed by atoms with van der Waals surface area (Å²) in [6.45, 7) is 4.98. The summed E-state index contributed by atoms with van der Waals surface area (Å²) in [6, 6.07) is 9.62. The van der Waals surface area contributed by atoms with Crippen molar-refractivity contribution >= 4 is 17.6 Å². The lowest BCUT2D eigenvalue weighted by molar-refractivity contribution is -0.925. The maximum atomic E-state index is 12.9. The zero-order chi connectivity index (χ0) is 22.5. The van der Waals surface area contributed by atoms with Crippen molar-refractivity contribution in [2.75, 3.05) is 39.7 Å². The molecule has 1 aliphatic heterocycles. The molecule has 0 saturated carbocycles. The summed E-state index contributed by atoms with van der Waals surface area (Å²) in [4.78, 5) is 26.1. The van der Waals surface area contributed by atoms with E-state index < -0.39 is 0 Å². The molecule has 2 aromatic carbocycles. The summed E-state index contributed by atoms with van der Waals surface area (Å²) in [5.74, 6) is 0.881. The van der Waals surface area contributed by atoms with Crippen LogP contribution in [0.5, 0.6) is 11.5 Å². The number of nitrogens with one attached hydrogen (secondary N) is 2. The minimum atomic E-state index is -0.306. The Morgan fingerprint density at radius 2 is 1.77 bits per heavy atom. The van der Waals surface area contributed by atoms with E-state index >= 15 is 0 Å². The smallest absolute Gasteiger partial charge is 0.311 e. The van der Waals surface area contributed by atoms with E-state index in [9.17, 15) is 9.59 Å². The Balaban J connectivity index is 1.85. The van der Waals surface area contributed by atoms with Gasteiger partial charge >= 0.3 is 5.97 Å². The Bertz CT molecular complexity index is 973. The number of methoxy groups -OCH3 is 3. The van der Waals surface area contributed by atoms with Crippen molar-refractivity contribution in [1.29, 1.82) is 0 Å². The van der Waals surface area contributed by atoms with E-state index in [0.29, 0.717) is 11.5 Å². The van der Waals surface area contributed by atoms with Crippen LogP contribution in [0.1, 0.15) is 34.7 Å². The molecule has 2 N–H and O–H groups in total. The van der Waals surface area contributed by atoms with Gasteiger partial charge in [0.25, 0.3) is 5.91 Å². The standard InChI is InChI=1S/C24H30N2O5/c1-15-6-7-19(16(2)10-15)25-23(27)14-26-9-8-17-11-21(29-3)22(30-4)12-18(17)20(26)13-24(28)31-5/h6-7,10-12,20H,8-9,13-14H2,1-5H3,(H,25,27)/p+1/t20-/m1/s1. The van der Waals surface area contributed by atoms with Gasteiger partial charge < -0.3 is 24.4 Å². The molecule has 1 aliphatic rings. The molecule has 1 amide bonds. The number of hydrogen-bond donors (Lipinski definition) is 2. The number of benzene rings is 2. The van der Waals surface area contributed by atoms with Crippen LogP contribution in [0.4, 0.5) is 5.69 Å². The number of esters is 1. The van der Waals surface area contributed by atoms with E-state index in [1.54, 1.807) is 14.2 Å². The molecular weight excluding hydrogens is 396 g/mol. The van der Waals surface area contributed by atoms with Crippen LogP contribution in [0, 0.1) is 13.8 Å². The molecule has 0 fully saturated rings. The highest BCUT2D eigenvalue weighted by atomic mass is 16.5. The number of ether oxygens (including phenoxy) is 3. The maximum Gasteiger partial charge on any atom is 0.311 e. The molecule has 1 heterocycles. The molecule has 0 saturated heterocycles. The molecule has 7 nitrogen and oxygen atoms in total. The van der Waals surface area contributed by atoms with Crippen molar-refractivity contribution in [3.63, 3.8) is 0 Å². The van der Waals surface area contributed by atoms with Crippen LogP contribution in [-0.2, 0) is 20.7 Å². The predicted octanol–water partition coefficient (Wildman–Crippen LogP) is 2.00. The fraction of sp³-hybridized carbons (Fsp3) is 0.417. The molecule has 0 aliphatic carbocycles. The minimum absolute atomic E-state index is 0.0826. The minimum Gasteiger partial charge on any atom is -0.493 e. The van der Waals surface area contributed by atoms with Crippen LogP contribution < -0.4 is 19.7 Å². The number of quaternary nitrogens is 1. The Kier molecular flexibility index (Phi) is 7.17. The summed E-state index contributed by atoms with van der Waals surface area (Å²) >= 11 is 0. The van der Waals surface area contributed by atoms with Gasteiger partial charge in [-0.3, -0.25) is 9.59 Å². The van der Waals surface area contributed by atoms with Crippen LogP contribution in [-0.4, -0.2) is 46.3 Å². The second kappa shape index (κ2) is 9.83. The van der Waals surface area contributed by atoms with Crippen LogP contribution in [0.15, 0.2) is 30.3 Å². The molecule has 0 aromatic heterocycles. The second-order valence-electron chi connectivity index (χ2n) is 7.94. The molecule has 3 rings (SSSR count). The summed E-state index contributed by atoms with van der Waals surface area (Å²) in [5.41, 5.74) is 5.07. The summed E-state index contributed by atoms with van der Waals surface area (Å²) < 4.78 is 15.8. The van der Waals surface area contributed by atoms with Gasteiger partial charge in [0.05, 0.1) is 27.9 Å². The van der Waals surface area contributed by atoms with E-state index in [-0.39, 0.29) is 30.9 Å². The van der Waals surface area contributed by atoms with Gasteiger partial charge in [-0.25, -0.2) is 0 Å². The van der Waals surface area contributed by atoms with Crippen molar-refractivity contribution in [3.05, 3.63) is 52.6 Å². The molecule has 0 bridgehead atoms. The third-order valence-corrected chi connectivity index (χ3v) is 5.87. The van der Waals surface area contributed by atoms with E-state index in [2.05, 4.69) is 5.32 Å². The Morgan fingerprint density at radius 3 is 2.42 bits per heavy atom. The van der Waals surface area contributed by atoms with Crippen molar-refractivity contribution in [2.45, 2.75) is 32.7 Å². The lowest BCUT2D eigenvalue weighted by Gasteiger charge is -2.34. The zero-order valence-electron chi connectivity index (χ0n) is 18.8. The van der Waals surface area contributed by atoms with E-state index in [0.717, 1.165) is 45.8 Å². The molecule has 2 aromatic rings. The number of amides is 1. The molecule has 2 atom stereocenters. The maximum absolute atomic E-state index is 12.9. The number of carbonyl (C=O) groups excluding carboxylic acids is 2. The lowest BCUT2D eigenvalue weighted by atomic mass is 9.90. The number of fused-ring (bicyclic) bond motifs is 1. The van der Waals surface area contributed by atoms with Crippen LogP contribution in [0.3, 0.4) is 0 Å². The quantitative estimate of drug-likeness (QED) is 0.661. The lowest BCUT2D eigenvalue weighted by Crippen LogP contribution is -3.14. The van der Waals surface area contributed by atoms with Gasteiger partial charge in [0.2, 0.25) is 0 Å². The molecular formula is C24H31N2O5+. The highest BCUT2D eigenvalue weighted by Crippen LogP contribution is 2.35. The molecule has 31 heavy (non-hydrogen) atoms. The van der Waals surface area contributed by atoms with Crippen LogP contribution >= 0.6 is 0 Å². The number of carbonyl (C=O) groups is 2. The van der Waals surface area contributed by atoms with Gasteiger partial charge in [0.1, 0.15) is 12.5 Å². The Labute approximate surface area is 183 Å². The first-order valence-electron chi connectivity index (χ1n) is 10.4. The Hall–Kier alpha value is -3.06. The highest BCUT2D eigenvalue weighted by Gasteiger charge is 2.35. The van der Waals surface area contributed by atoms with Gasteiger partial charge in [0.15, 0.2) is 18.0 Å². The molecule has 1 unspecified atom stereocenters. The number of aryl methyl sites for hydroxylation is 2. The molecule has 0 spiro atoms. The average Bonchev–Trinajstić information content (AvgIpc) is 2.76. The van der Waals surface area contributed by atoms with Crippen LogP contribution in [0.25, 0.3) is 0 Å². The van der Waals surface area contributed by atoms with Gasteiger partial charge in [-0.05, 0) is 43.2 Å². The number of anilines is 1. The summed E-state index contributed by atoms with van der Waals surface area (Å²) in [5, 5.41) is 3.02. The van der Waals surface area contributed by atoms with Crippen LogP contribution in [0.2, 0.25) is 0 Å². The average molecular weight is 428 g/mol. The van der Waals surface area contributed by atoms with Crippen molar-refractivity contribution in [3.8, 4) is 11.5 Å². The fourth-order valence-electron chi connectivity index (χ4n) is 4.24. The largest absolute Gasteiger partial charge is 0.493 e. The molecule has 0 radical (unpaired) electrons. The van der Waals surface area contributed by atoms with E-state index in [1.165, 1.54) is 7.11 Å². The van der Waals surface area contributed by atoms with Crippen molar-refractivity contribution in [1.82, 2.24) is 0 Å². The SMILES string of the molecule is COC(=O)C[C@@H]1c2cc(OC)c(OC)cc2CC[NH+]1CC(=O)Nc1ccc(C)cc1C. The number of rotatable bonds is 7. The normalized spacial score (nSPS) is 17.5. The summed E-state index contributed by atoms with van der Waals surface area (Å²) in [6.07, 6.45) is 0.963. The number of hydrogen-bond acceptors (Lipinski definition) is 5. The topological polar surface area (TPSA) is 78.3 Å². The second-order valence-corrected chi connectivity index (χ2v) is 7.94. The Morgan fingerprint density at radius 1 is 1.06 bits per heavy atom.